The molecule has 0 aliphatic carbocycles. The van der Waals surface area contributed by atoms with Crippen LogP contribution in [0.1, 0.15) is 38.2 Å². The molecule has 0 unspecified atom stereocenters. The Morgan fingerprint density at radius 1 is 1.38 bits per heavy atom. The topological polar surface area (TPSA) is 78.9 Å². The third kappa shape index (κ3) is 4.88. The standard InChI is InChI=1S/C18H26N2O4/c1-13(2)15-7-3-4-8-16(15)24-11-9-19-18(23)20-10-5-6-14(12-20)17(21)22/h3-4,7-8,13-14H,5-6,9-12H2,1-2H3,(H,19,23)(H,21,22)/t14-/m0/s1. The van der Waals surface area contributed by atoms with E-state index in [0.29, 0.717) is 32.0 Å². The van der Waals surface area contributed by atoms with Crippen molar-refractivity contribution >= 4 is 12.0 Å². The molecular weight excluding hydrogens is 308 g/mol. The van der Waals surface area contributed by atoms with Crippen LogP contribution >= 0.6 is 0 Å². The molecule has 132 valence electrons. The SMILES string of the molecule is CC(C)c1ccccc1OCCNC(=O)N1CCC[C@H](C(=O)O)C1. The molecule has 1 atom stereocenters. The van der Waals surface area contributed by atoms with E-state index in [4.69, 9.17) is 9.84 Å². The summed E-state index contributed by atoms with van der Waals surface area (Å²) in [7, 11) is 0. The van der Waals surface area contributed by atoms with Crippen LogP contribution in [0.4, 0.5) is 4.79 Å². The summed E-state index contributed by atoms with van der Waals surface area (Å²) in [4.78, 5) is 24.7. The monoisotopic (exact) mass is 334 g/mol. The lowest BCUT2D eigenvalue weighted by Crippen LogP contribution is -2.47. The molecule has 0 spiro atoms. The van der Waals surface area contributed by atoms with Gasteiger partial charge >= 0.3 is 12.0 Å². The van der Waals surface area contributed by atoms with Crippen molar-refractivity contribution in [3.8, 4) is 5.75 Å². The van der Waals surface area contributed by atoms with Gasteiger partial charge in [-0.2, -0.15) is 0 Å². The van der Waals surface area contributed by atoms with E-state index in [-0.39, 0.29) is 12.6 Å². The highest BCUT2D eigenvalue weighted by atomic mass is 16.5. The number of carbonyl (C=O) groups is 2. The zero-order valence-corrected chi connectivity index (χ0v) is 14.3. The normalized spacial score (nSPS) is 17.6. The molecule has 6 heteroatoms. The lowest BCUT2D eigenvalue weighted by molar-refractivity contribution is -0.143. The van der Waals surface area contributed by atoms with Crippen molar-refractivity contribution in [2.45, 2.75) is 32.6 Å². The van der Waals surface area contributed by atoms with Crippen LogP contribution in [-0.2, 0) is 4.79 Å². The number of rotatable bonds is 6. The molecule has 1 aliphatic rings. The lowest BCUT2D eigenvalue weighted by atomic mass is 9.99. The minimum atomic E-state index is -0.832. The smallest absolute Gasteiger partial charge is 0.317 e. The molecular formula is C18H26N2O4. The molecule has 1 aromatic carbocycles. The second-order valence-corrected chi connectivity index (χ2v) is 6.40. The first-order valence-electron chi connectivity index (χ1n) is 8.46. The summed E-state index contributed by atoms with van der Waals surface area (Å²) < 4.78 is 5.77. The number of piperidine rings is 1. The minimum absolute atomic E-state index is 0.221. The summed E-state index contributed by atoms with van der Waals surface area (Å²) in [6.45, 7) is 5.87. The van der Waals surface area contributed by atoms with Crippen molar-refractivity contribution in [3.63, 3.8) is 0 Å². The number of amides is 2. The Bertz CT molecular complexity index is 574. The number of benzene rings is 1. The number of hydrogen-bond donors (Lipinski definition) is 2. The maximum absolute atomic E-state index is 12.1. The van der Waals surface area contributed by atoms with E-state index < -0.39 is 11.9 Å². The van der Waals surface area contributed by atoms with Gasteiger partial charge in [0, 0.05) is 13.1 Å². The molecule has 1 aliphatic heterocycles. The largest absolute Gasteiger partial charge is 0.491 e. The van der Waals surface area contributed by atoms with Gasteiger partial charge in [-0.1, -0.05) is 32.0 Å². The molecule has 1 fully saturated rings. The molecule has 6 nitrogen and oxygen atoms in total. The van der Waals surface area contributed by atoms with E-state index in [2.05, 4.69) is 19.2 Å². The average Bonchev–Trinajstić information content (AvgIpc) is 2.58. The highest BCUT2D eigenvalue weighted by Crippen LogP contribution is 2.25. The number of urea groups is 1. The van der Waals surface area contributed by atoms with Crippen molar-refractivity contribution in [1.82, 2.24) is 10.2 Å². The number of aliphatic carboxylic acids is 1. The minimum Gasteiger partial charge on any atom is -0.491 e. The second kappa shape index (κ2) is 8.57. The highest BCUT2D eigenvalue weighted by molar-refractivity contribution is 5.76. The van der Waals surface area contributed by atoms with E-state index in [1.807, 2.05) is 24.3 Å². The zero-order chi connectivity index (χ0) is 17.5. The summed E-state index contributed by atoms with van der Waals surface area (Å²) >= 11 is 0. The number of carboxylic acid groups (broad SMARTS) is 1. The number of carbonyl (C=O) groups excluding carboxylic acids is 1. The van der Waals surface area contributed by atoms with Crippen molar-refractivity contribution < 1.29 is 19.4 Å². The summed E-state index contributed by atoms with van der Waals surface area (Å²) in [5.74, 6) is -0.0810. The van der Waals surface area contributed by atoms with Gasteiger partial charge in [-0.15, -0.1) is 0 Å². The van der Waals surface area contributed by atoms with Gasteiger partial charge in [-0.05, 0) is 30.4 Å². The molecule has 0 aromatic heterocycles. The summed E-state index contributed by atoms with van der Waals surface area (Å²) in [6, 6.07) is 7.66. The fourth-order valence-electron chi connectivity index (χ4n) is 2.88. The summed E-state index contributed by atoms with van der Waals surface area (Å²) in [5, 5.41) is 11.9. The van der Waals surface area contributed by atoms with Gasteiger partial charge in [-0.25, -0.2) is 4.79 Å². The van der Waals surface area contributed by atoms with Crippen molar-refractivity contribution in [2.75, 3.05) is 26.2 Å². The van der Waals surface area contributed by atoms with Gasteiger partial charge in [0.2, 0.25) is 0 Å². The molecule has 2 N–H and O–H groups in total. The summed E-state index contributed by atoms with van der Waals surface area (Å²) in [6.07, 6.45) is 1.36. The second-order valence-electron chi connectivity index (χ2n) is 6.40. The van der Waals surface area contributed by atoms with Gasteiger partial charge in [0.05, 0.1) is 12.5 Å². The van der Waals surface area contributed by atoms with Gasteiger partial charge < -0.3 is 20.1 Å². The van der Waals surface area contributed by atoms with Crippen LogP contribution in [0.15, 0.2) is 24.3 Å². The van der Waals surface area contributed by atoms with E-state index in [9.17, 15) is 9.59 Å². The van der Waals surface area contributed by atoms with Gasteiger partial charge in [0.15, 0.2) is 0 Å². The van der Waals surface area contributed by atoms with Crippen LogP contribution in [0.2, 0.25) is 0 Å². The number of carboxylic acids is 1. The van der Waals surface area contributed by atoms with Crippen LogP contribution in [0, 0.1) is 5.92 Å². The molecule has 0 saturated carbocycles. The Labute approximate surface area is 142 Å². The number of nitrogens with one attached hydrogen (secondary N) is 1. The van der Waals surface area contributed by atoms with E-state index in [0.717, 1.165) is 17.7 Å². The molecule has 2 rings (SSSR count). The molecule has 1 saturated heterocycles. The van der Waals surface area contributed by atoms with E-state index in [1.165, 1.54) is 0 Å². The van der Waals surface area contributed by atoms with Crippen LogP contribution in [0.5, 0.6) is 5.75 Å². The Hall–Kier alpha value is -2.24. The third-order valence-electron chi connectivity index (χ3n) is 4.23. The quantitative estimate of drug-likeness (QED) is 0.784. The van der Waals surface area contributed by atoms with Crippen molar-refractivity contribution in [1.29, 1.82) is 0 Å². The van der Waals surface area contributed by atoms with Crippen LogP contribution in [-0.4, -0.2) is 48.2 Å². The number of ether oxygens (including phenoxy) is 1. The van der Waals surface area contributed by atoms with Gasteiger partial charge in [0.1, 0.15) is 12.4 Å². The molecule has 0 radical (unpaired) electrons. The zero-order valence-electron chi connectivity index (χ0n) is 14.3. The molecule has 2 amide bonds. The number of nitrogens with zero attached hydrogens (tertiary/aromatic N) is 1. The average molecular weight is 334 g/mol. The molecule has 1 aromatic rings. The van der Waals surface area contributed by atoms with Crippen LogP contribution < -0.4 is 10.1 Å². The van der Waals surface area contributed by atoms with Crippen molar-refractivity contribution in [3.05, 3.63) is 29.8 Å². The van der Waals surface area contributed by atoms with Gasteiger partial charge in [-0.3, -0.25) is 4.79 Å². The predicted octanol–water partition coefficient (Wildman–Crippen LogP) is 2.70. The molecule has 0 bridgehead atoms. The summed E-state index contributed by atoms with van der Waals surface area (Å²) in [5.41, 5.74) is 1.14. The highest BCUT2D eigenvalue weighted by Gasteiger charge is 2.27. The first-order chi connectivity index (χ1) is 11.5. The maximum atomic E-state index is 12.1. The fraction of sp³-hybridized carbons (Fsp3) is 0.556. The molecule has 1 heterocycles. The first kappa shape index (κ1) is 18.1. The Morgan fingerprint density at radius 2 is 2.12 bits per heavy atom. The van der Waals surface area contributed by atoms with Crippen LogP contribution in [0.25, 0.3) is 0 Å². The third-order valence-corrected chi connectivity index (χ3v) is 4.23. The first-order valence-corrected chi connectivity index (χ1v) is 8.46. The number of para-hydroxylation sites is 1. The van der Waals surface area contributed by atoms with Crippen LogP contribution in [0.3, 0.4) is 0 Å². The van der Waals surface area contributed by atoms with E-state index >= 15 is 0 Å². The lowest BCUT2D eigenvalue weighted by Gasteiger charge is -2.30. The predicted molar refractivity (Wildman–Crippen MR) is 91.4 cm³/mol. The van der Waals surface area contributed by atoms with E-state index in [1.54, 1.807) is 4.90 Å². The molecule has 24 heavy (non-hydrogen) atoms. The maximum Gasteiger partial charge on any atom is 0.317 e. The van der Waals surface area contributed by atoms with Gasteiger partial charge in [0.25, 0.3) is 0 Å². The van der Waals surface area contributed by atoms with Crippen molar-refractivity contribution in [2.24, 2.45) is 5.92 Å². The Morgan fingerprint density at radius 3 is 2.83 bits per heavy atom. The number of hydrogen-bond acceptors (Lipinski definition) is 3. The number of likely N-dealkylation sites (tertiary alicyclic amines) is 1. The Kier molecular flexibility index (Phi) is 6.46. The Balaban J connectivity index is 1.76. The fourth-order valence-corrected chi connectivity index (χ4v) is 2.88.